The number of hydrogen-bond donors (Lipinski definition) is 1. The molecule has 4 rings (SSSR count). The Balaban J connectivity index is 1.62. The molecule has 0 atom stereocenters. The standard InChI is InChI=1S/C24H20N2O4/c1-15(27)17-12-20(26(2)13-17)24(29)30-14-21(28)22-18-10-6-7-11-19(18)25-23(22)16-8-4-3-5-9-16/h3-13,25H,14H2,1-2H3. The predicted molar refractivity (Wildman–Crippen MR) is 114 cm³/mol. The van der Waals surface area contributed by atoms with Gasteiger partial charge in [-0.05, 0) is 24.6 Å². The molecule has 4 aromatic rings. The first kappa shape index (κ1) is 19.4. The van der Waals surface area contributed by atoms with Crippen LogP contribution in [0.5, 0.6) is 0 Å². The first-order chi connectivity index (χ1) is 14.5. The first-order valence-corrected chi connectivity index (χ1v) is 9.49. The topological polar surface area (TPSA) is 81.2 Å². The Labute approximate surface area is 173 Å². The number of aromatic nitrogens is 2. The predicted octanol–water partition coefficient (Wildman–Crippen LogP) is 4.42. The fraction of sp³-hybridized carbons (Fsp3) is 0.125. The van der Waals surface area contributed by atoms with Gasteiger partial charge in [0.2, 0.25) is 5.78 Å². The molecule has 0 unspecified atom stereocenters. The van der Waals surface area contributed by atoms with E-state index >= 15 is 0 Å². The summed E-state index contributed by atoms with van der Waals surface area (Å²) < 4.78 is 6.81. The molecule has 0 aliphatic heterocycles. The third-order valence-electron chi connectivity index (χ3n) is 5.00. The summed E-state index contributed by atoms with van der Waals surface area (Å²) in [5.41, 5.74) is 3.52. The summed E-state index contributed by atoms with van der Waals surface area (Å²) in [6.45, 7) is 1.02. The molecule has 0 saturated carbocycles. The van der Waals surface area contributed by atoms with Gasteiger partial charge in [-0.25, -0.2) is 4.79 Å². The van der Waals surface area contributed by atoms with Crippen molar-refractivity contribution in [2.75, 3.05) is 6.61 Å². The molecule has 0 spiro atoms. The average molecular weight is 400 g/mol. The summed E-state index contributed by atoms with van der Waals surface area (Å²) in [6.07, 6.45) is 1.56. The van der Waals surface area contributed by atoms with Gasteiger partial charge in [0.25, 0.3) is 0 Å². The number of benzene rings is 2. The molecule has 2 aromatic carbocycles. The summed E-state index contributed by atoms with van der Waals surface area (Å²) in [6, 6.07) is 18.5. The highest BCUT2D eigenvalue weighted by Crippen LogP contribution is 2.30. The summed E-state index contributed by atoms with van der Waals surface area (Å²) in [4.78, 5) is 40.4. The quantitative estimate of drug-likeness (QED) is 0.384. The van der Waals surface area contributed by atoms with E-state index in [1.54, 1.807) is 13.2 Å². The van der Waals surface area contributed by atoms with Crippen molar-refractivity contribution < 1.29 is 19.1 Å². The molecule has 30 heavy (non-hydrogen) atoms. The lowest BCUT2D eigenvalue weighted by atomic mass is 10.0. The maximum absolute atomic E-state index is 13.1. The van der Waals surface area contributed by atoms with E-state index in [1.165, 1.54) is 17.6 Å². The van der Waals surface area contributed by atoms with Gasteiger partial charge in [0, 0.05) is 29.7 Å². The van der Waals surface area contributed by atoms with Gasteiger partial charge in [-0.3, -0.25) is 9.59 Å². The number of ether oxygens (including phenoxy) is 1. The van der Waals surface area contributed by atoms with Crippen LogP contribution in [-0.2, 0) is 11.8 Å². The summed E-state index contributed by atoms with van der Waals surface area (Å²) in [5.74, 6) is -1.10. The zero-order valence-electron chi connectivity index (χ0n) is 16.6. The van der Waals surface area contributed by atoms with Gasteiger partial charge >= 0.3 is 5.97 Å². The van der Waals surface area contributed by atoms with E-state index in [-0.39, 0.29) is 17.3 Å². The molecule has 0 saturated heterocycles. The fourth-order valence-corrected chi connectivity index (χ4v) is 3.49. The highest BCUT2D eigenvalue weighted by molar-refractivity contribution is 6.14. The maximum Gasteiger partial charge on any atom is 0.355 e. The normalized spacial score (nSPS) is 10.9. The lowest BCUT2D eigenvalue weighted by Crippen LogP contribution is -2.16. The molecule has 0 fully saturated rings. The van der Waals surface area contributed by atoms with Crippen LogP contribution in [0.2, 0.25) is 0 Å². The van der Waals surface area contributed by atoms with Crippen molar-refractivity contribution in [3.63, 3.8) is 0 Å². The summed E-state index contributed by atoms with van der Waals surface area (Å²) in [7, 11) is 1.65. The van der Waals surface area contributed by atoms with Crippen molar-refractivity contribution >= 4 is 28.4 Å². The van der Waals surface area contributed by atoms with Crippen LogP contribution in [0.4, 0.5) is 0 Å². The molecule has 0 bridgehead atoms. The van der Waals surface area contributed by atoms with Crippen molar-refractivity contribution in [2.45, 2.75) is 6.92 Å². The van der Waals surface area contributed by atoms with Crippen LogP contribution in [0.1, 0.15) is 38.1 Å². The minimum atomic E-state index is -0.653. The molecule has 150 valence electrons. The van der Waals surface area contributed by atoms with Crippen LogP contribution < -0.4 is 0 Å². The monoisotopic (exact) mass is 400 g/mol. The van der Waals surface area contributed by atoms with E-state index in [1.807, 2.05) is 54.6 Å². The molecular weight excluding hydrogens is 380 g/mol. The van der Waals surface area contributed by atoms with Gasteiger partial charge in [0.1, 0.15) is 5.69 Å². The number of para-hydroxylation sites is 1. The molecule has 6 heteroatoms. The molecule has 0 radical (unpaired) electrons. The molecule has 0 aliphatic rings. The molecule has 2 heterocycles. The van der Waals surface area contributed by atoms with Gasteiger partial charge < -0.3 is 14.3 Å². The number of ketones is 2. The van der Waals surface area contributed by atoms with Crippen LogP contribution in [-0.4, -0.2) is 33.7 Å². The molecule has 0 aliphatic carbocycles. The molecular formula is C24H20N2O4. The van der Waals surface area contributed by atoms with Gasteiger partial charge in [-0.2, -0.15) is 0 Å². The number of nitrogens with one attached hydrogen (secondary N) is 1. The molecule has 1 N–H and O–H groups in total. The van der Waals surface area contributed by atoms with Crippen LogP contribution in [0.15, 0.2) is 66.9 Å². The molecule has 6 nitrogen and oxygen atoms in total. The van der Waals surface area contributed by atoms with Crippen molar-refractivity contribution in [3.8, 4) is 11.3 Å². The Morgan fingerprint density at radius 2 is 1.70 bits per heavy atom. The lowest BCUT2D eigenvalue weighted by molar-refractivity contribution is 0.0466. The van der Waals surface area contributed by atoms with Crippen molar-refractivity contribution in [1.82, 2.24) is 9.55 Å². The number of esters is 1. The van der Waals surface area contributed by atoms with E-state index in [0.717, 1.165) is 16.5 Å². The Bertz CT molecular complexity index is 1270. The zero-order chi connectivity index (χ0) is 21.3. The van der Waals surface area contributed by atoms with Gasteiger partial charge in [-0.15, -0.1) is 0 Å². The van der Waals surface area contributed by atoms with E-state index in [9.17, 15) is 14.4 Å². The van der Waals surface area contributed by atoms with E-state index < -0.39 is 12.6 Å². The number of H-pyrrole nitrogens is 1. The van der Waals surface area contributed by atoms with Crippen LogP contribution in [0.25, 0.3) is 22.2 Å². The number of nitrogens with zero attached hydrogens (tertiary/aromatic N) is 1. The lowest BCUT2D eigenvalue weighted by Gasteiger charge is -2.07. The number of aromatic amines is 1. The number of rotatable bonds is 6. The molecule has 2 aromatic heterocycles. The average Bonchev–Trinajstić information content (AvgIpc) is 3.33. The minimum Gasteiger partial charge on any atom is -0.453 e. The zero-order valence-corrected chi connectivity index (χ0v) is 16.6. The van der Waals surface area contributed by atoms with Gasteiger partial charge in [-0.1, -0.05) is 48.5 Å². The number of fused-ring (bicyclic) bond motifs is 1. The largest absolute Gasteiger partial charge is 0.453 e. The first-order valence-electron chi connectivity index (χ1n) is 9.49. The highest BCUT2D eigenvalue weighted by atomic mass is 16.5. The third-order valence-corrected chi connectivity index (χ3v) is 5.00. The van der Waals surface area contributed by atoms with Crippen LogP contribution >= 0.6 is 0 Å². The number of carbonyl (C=O) groups is 3. The van der Waals surface area contributed by atoms with Crippen molar-refractivity contribution in [2.24, 2.45) is 7.05 Å². The Hall–Kier alpha value is -3.93. The van der Waals surface area contributed by atoms with E-state index in [2.05, 4.69) is 4.98 Å². The number of Topliss-reactive ketones (excluding diaryl/α,β-unsaturated/α-hetero) is 2. The second-order valence-electron chi connectivity index (χ2n) is 7.07. The smallest absolute Gasteiger partial charge is 0.355 e. The van der Waals surface area contributed by atoms with E-state index in [0.29, 0.717) is 16.8 Å². The van der Waals surface area contributed by atoms with Crippen molar-refractivity contribution in [1.29, 1.82) is 0 Å². The summed E-state index contributed by atoms with van der Waals surface area (Å²) >= 11 is 0. The Kier molecular flexibility index (Phi) is 5.06. The third kappa shape index (κ3) is 3.55. The van der Waals surface area contributed by atoms with Crippen LogP contribution in [0.3, 0.4) is 0 Å². The highest BCUT2D eigenvalue weighted by Gasteiger charge is 2.22. The van der Waals surface area contributed by atoms with Crippen molar-refractivity contribution in [3.05, 3.63) is 83.7 Å². The van der Waals surface area contributed by atoms with Gasteiger partial charge in [0.15, 0.2) is 12.4 Å². The number of aryl methyl sites for hydroxylation is 1. The second-order valence-corrected chi connectivity index (χ2v) is 7.07. The minimum absolute atomic E-state index is 0.146. The Morgan fingerprint density at radius 1 is 1.00 bits per heavy atom. The van der Waals surface area contributed by atoms with E-state index in [4.69, 9.17) is 4.74 Å². The maximum atomic E-state index is 13.1. The summed E-state index contributed by atoms with van der Waals surface area (Å²) in [5, 5.41) is 0.773. The molecule has 0 amide bonds. The Morgan fingerprint density at radius 3 is 2.40 bits per heavy atom. The fourth-order valence-electron chi connectivity index (χ4n) is 3.49. The SMILES string of the molecule is CC(=O)c1cc(C(=O)OCC(=O)c2c(-c3ccccc3)[nH]c3ccccc23)n(C)c1. The number of hydrogen-bond acceptors (Lipinski definition) is 4. The van der Waals surface area contributed by atoms with Gasteiger partial charge in [0.05, 0.1) is 11.3 Å². The van der Waals surface area contributed by atoms with Crippen LogP contribution in [0, 0.1) is 0 Å². The number of carbonyl (C=O) groups excluding carboxylic acids is 3. The second kappa shape index (κ2) is 7.83.